The van der Waals surface area contributed by atoms with Crippen molar-refractivity contribution in [1.29, 1.82) is 0 Å². The molecule has 1 aromatic rings. The van der Waals surface area contributed by atoms with E-state index in [0.29, 0.717) is 0 Å². The Hall–Kier alpha value is -4.75. The summed E-state index contributed by atoms with van der Waals surface area (Å²) in [4.78, 5) is 69.7. The number of esters is 1. The van der Waals surface area contributed by atoms with Crippen LogP contribution in [-0.2, 0) is 28.5 Å². The zero-order valence-corrected chi connectivity index (χ0v) is 40.7. The maximum Gasteiger partial charge on any atom is 0.312 e. The number of aliphatic hydroxyl groups excluding tert-OH is 6. The number of ether oxygens (including phenoxy) is 5. The highest BCUT2D eigenvalue weighted by molar-refractivity contribution is 8.04. The Morgan fingerprint density at radius 1 is 0.912 bits per heavy atom. The molecule has 1 fully saturated rings. The topological polar surface area (TPSA) is 309 Å². The third kappa shape index (κ3) is 11.0. The van der Waals surface area contributed by atoms with Gasteiger partial charge in [0.15, 0.2) is 11.3 Å². The summed E-state index contributed by atoms with van der Waals surface area (Å²) in [6.07, 6.45) is -4.49. The van der Waals surface area contributed by atoms with E-state index in [1.54, 1.807) is 33.8 Å². The molecule has 0 unspecified atom stereocenters. The predicted molar refractivity (Wildman–Crippen MR) is 248 cm³/mol. The smallest absolute Gasteiger partial charge is 0.312 e. The van der Waals surface area contributed by atoms with Crippen molar-refractivity contribution in [3.8, 4) is 11.5 Å². The summed E-state index contributed by atoms with van der Waals surface area (Å²) in [6.45, 7) is 11.4. The van der Waals surface area contributed by atoms with Crippen LogP contribution >= 0.6 is 24.0 Å². The molecule has 0 spiro atoms. The first-order valence-corrected chi connectivity index (χ1v) is 23.3. The van der Waals surface area contributed by atoms with E-state index in [2.05, 4.69) is 16.0 Å². The van der Waals surface area contributed by atoms with Crippen molar-refractivity contribution in [3.63, 3.8) is 0 Å². The van der Waals surface area contributed by atoms with E-state index < -0.39 is 143 Å². The largest absolute Gasteiger partial charge is 0.507 e. The number of methoxy groups -OCH3 is 1. The number of nitrogens with one attached hydrogen (secondary N) is 3. The first-order valence-electron chi connectivity index (χ1n) is 21.9. The molecular weight excluding hydrogens is 931 g/mol. The van der Waals surface area contributed by atoms with Crippen molar-refractivity contribution >= 4 is 58.3 Å². The first kappa shape index (κ1) is 54.2. The minimum atomic E-state index is -2.17. The highest BCUT2D eigenvalue weighted by atomic mass is 32.2. The minimum Gasteiger partial charge on any atom is -0.507 e. The van der Waals surface area contributed by atoms with Gasteiger partial charge >= 0.3 is 11.8 Å². The van der Waals surface area contributed by atoms with Gasteiger partial charge in [-0.2, -0.15) is 0 Å². The lowest BCUT2D eigenvalue weighted by Crippen LogP contribution is -2.64. The summed E-state index contributed by atoms with van der Waals surface area (Å²) in [5.74, 6) is -10.1. The lowest BCUT2D eigenvalue weighted by Gasteiger charge is -2.40. The summed E-state index contributed by atoms with van der Waals surface area (Å²) in [5, 5.41) is 82.6. The molecule has 5 bridgehead atoms. The molecule has 5 aliphatic rings. The van der Waals surface area contributed by atoms with Crippen molar-refractivity contribution < 1.29 is 83.4 Å². The van der Waals surface area contributed by atoms with Crippen LogP contribution in [0.3, 0.4) is 0 Å². The number of allylic oxidation sites excluding steroid dienone is 4. The van der Waals surface area contributed by atoms with Crippen LogP contribution in [0.5, 0.6) is 11.5 Å². The standard InChI is InChI=1S/C46H61N3O17S2/c1-18-11-10-12-19(2)43(61)48-30-35(56)28-27(36(57)41(30)68-16-14-47-45(67)49-44-38(59)37(58)34(55)26(17-50)65-44)29-40(23(6)33(28)54)66-46(8,42(29)60)63-15-13-25(62-9)20(3)39(64-24(7)51)22(5)32(53)21(4)31(18)52/h10-13,15,18,20-22,25-26,31-32,34,37-39,44,50,52-55,58-59H,14,16-17H2,1-9H3,(H,48,61)(H2,47,49,67)/b11-10+,15-13+,19-12-/t18-,20-,21-,22+,25+,26-,31+,32+,34-,37+,38-,39-,44-,46+/m1/s1. The Morgan fingerprint density at radius 2 is 1.59 bits per heavy atom. The van der Waals surface area contributed by atoms with Gasteiger partial charge < -0.3 is 75.4 Å². The Balaban J connectivity index is 1.54. The number of aliphatic hydroxyl groups is 6. The van der Waals surface area contributed by atoms with Gasteiger partial charge in [-0.05, 0) is 32.1 Å². The average Bonchev–Trinajstić information content (AvgIpc) is 3.56. The van der Waals surface area contributed by atoms with E-state index in [9.17, 15) is 59.7 Å². The Bertz CT molecular complexity index is 2280. The molecule has 0 aromatic heterocycles. The van der Waals surface area contributed by atoms with E-state index in [0.717, 1.165) is 18.0 Å². The van der Waals surface area contributed by atoms with Gasteiger partial charge in [0.25, 0.3) is 11.7 Å². The predicted octanol–water partition coefficient (Wildman–Crippen LogP) is 0.955. The lowest BCUT2D eigenvalue weighted by atomic mass is 9.78. The molecule has 20 nitrogen and oxygen atoms in total. The number of thiocarbonyl (C=S) groups is 1. The molecule has 6 rings (SSSR count). The molecule has 1 aromatic carbocycles. The number of phenolic OH excluding ortho intramolecular Hbond substituents is 1. The van der Waals surface area contributed by atoms with Gasteiger partial charge in [0.05, 0.1) is 52.8 Å². The van der Waals surface area contributed by atoms with Crippen molar-refractivity contribution in [1.82, 2.24) is 16.0 Å². The zero-order chi connectivity index (χ0) is 50.7. The van der Waals surface area contributed by atoms with Crippen LogP contribution in [0.25, 0.3) is 0 Å². The highest BCUT2D eigenvalue weighted by Crippen LogP contribution is 2.49. The Labute approximate surface area is 402 Å². The van der Waals surface area contributed by atoms with Gasteiger partial charge in [0.2, 0.25) is 11.6 Å². The van der Waals surface area contributed by atoms with Crippen molar-refractivity contribution in [2.45, 2.75) is 116 Å². The monoisotopic (exact) mass is 991 g/mol. The number of carbonyl (C=O) groups excluding carboxylic acids is 5. The number of hydrogen-bond acceptors (Lipinski definition) is 19. The van der Waals surface area contributed by atoms with Gasteiger partial charge in [-0.25, -0.2) is 0 Å². The summed E-state index contributed by atoms with van der Waals surface area (Å²) < 4.78 is 28.9. The summed E-state index contributed by atoms with van der Waals surface area (Å²) in [7, 11) is 1.39. The summed E-state index contributed by atoms with van der Waals surface area (Å²) in [5.41, 5.74) is -1.92. The van der Waals surface area contributed by atoms with Gasteiger partial charge in [-0.15, -0.1) is 11.8 Å². The maximum atomic E-state index is 14.8. The fourth-order valence-corrected chi connectivity index (χ4v) is 9.67. The van der Waals surface area contributed by atoms with E-state index >= 15 is 0 Å². The molecule has 1 saturated heterocycles. The molecule has 22 heteroatoms. The number of aromatic hydroxyl groups is 1. The molecule has 4 heterocycles. The number of phenols is 1. The summed E-state index contributed by atoms with van der Waals surface area (Å²) in [6, 6.07) is 0. The van der Waals surface area contributed by atoms with Crippen molar-refractivity contribution in [2.75, 3.05) is 26.0 Å². The van der Waals surface area contributed by atoms with Crippen molar-refractivity contribution in [2.24, 2.45) is 23.7 Å². The molecule has 0 saturated carbocycles. The maximum absolute atomic E-state index is 14.8. The molecule has 0 radical (unpaired) electrons. The molecule has 10 N–H and O–H groups in total. The second-order valence-corrected chi connectivity index (χ2v) is 19.0. The molecular formula is C46H61N3O17S2. The fraction of sp³-hybridized carbons (Fsp3) is 0.565. The number of ketones is 3. The van der Waals surface area contributed by atoms with E-state index in [4.69, 9.17) is 35.9 Å². The number of Topliss-reactive ketones (excluding diaryl/α,β-unsaturated/α-hetero) is 3. The average molecular weight is 992 g/mol. The van der Waals surface area contributed by atoms with Crippen molar-refractivity contribution in [3.05, 3.63) is 69.0 Å². The third-order valence-electron chi connectivity index (χ3n) is 12.7. The molecule has 374 valence electrons. The number of hydrogen-bond donors (Lipinski definition) is 10. The van der Waals surface area contributed by atoms with Gasteiger partial charge in [-0.1, -0.05) is 45.9 Å². The number of carbonyl (C=O) groups is 5. The second kappa shape index (κ2) is 22.3. The van der Waals surface area contributed by atoms with Crippen LogP contribution in [0, 0.1) is 30.6 Å². The molecule has 68 heavy (non-hydrogen) atoms. The third-order valence-corrected chi connectivity index (χ3v) is 14.1. The molecule has 1 amide bonds. The SMILES string of the molecule is CO[C@H]1/C=C/O[C@@]2(C)Oc3c(C)c(O)c4c(c3C2=O)C(=O)C(SCCNC(=S)N[C@@H]2O[C@H](CO)[C@@H](O)[C@H](O)[C@H]2O)=C(NC(=O)/C(C)=C\C=C\[C@@H](C)[C@H](O)[C@@H](C)[C@H](O)[C@H](C)[C@H](OC(C)=O)[C@@H]1C)C4=O. The molecule has 4 aliphatic heterocycles. The summed E-state index contributed by atoms with van der Waals surface area (Å²) >= 11 is 6.12. The van der Waals surface area contributed by atoms with Gasteiger partial charge in [0.1, 0.15) is 47.7 Å². The lowest BCUT2D eigenvalue weighted by molar-refractivity contribution is -0.232. The van der Waals surface area contributed by atoms with Gasteiger partial charge in [0, 0.05) is 68.1 Å². The van der Waals surface area contributed by atoms with Crippen LogP contribution in [0.1, 0.15) is 85.1 Å². The Kier molecular flexibility index (Phi) is 17.8. The fourth-order valence-electron chi connectivity index (χ4n) is 8.52. The number of amides is 1. The molecule has 1 aliphatic carbocycles. The normalized spacial score (nSPS) is 35.3. The number of thioether (sulfide) groups is 1. The first-order chi connectivity index (χ1) is 31.9. The van der Waals surface area contributed by atoms with E-state index in [-0.39, 0.29) is 44.8 Å². The van der Waals surface area contributed by atoms with Crippen LogP contribution in [0.4, 0.5) is 0 Å². The van der Waals surface area contributed by atoms with Crippen LogP contribution in [-0.4, -0.2) is 157 Å². The van der Waals surface area contributed by atoms with E-state index in [1.807, 2.05) is 0 Å². The van der Waals surface area contributed by atoms with Crippen LogP contribution in [0.2, 0.25) is 0 Å². The van der Waals surface area contributed by atoms with Gasteiger partial charge in [-0.3, -0.25) is 24.0 Å². The van der Waals surface area contributed by atoms with Crippen LogP contribution in [0.15, 0.2) is 46.7 Å². The van der Waals surface area contributed by atoms with Crippen LogP contribution < -0.4 is 20.7 Å². The number of benzene rings is 1. The number of fused-ring (bicyclic) bond motifs is 14. The quantitative estimate of drug-likeness (QED) is 0.0985. The second-order valence-electron chi connectivity index (χ2n) is 17.5. The highest BCUT2D eigenvalue weighted by Gasteiger charge is 2.53. The van der Waals surface area contributed by atoms with E-state index in [1.165, 1.54) is 53.0 Å². The minimum absolute atomic E-state index is 0.0310. The number of rotatable bonds is 8. The zero-order valence-electron chi connectivity index (χ0n) is 39.0. The molecule has 14 atom stereocenters. The Morgan fingerprint density at radius 3 is 2.22 bits per heavy atom.